The summed E-state index contributed by atoms with van der Waals surface area (Å²) in [4.78, 5) is 11.3. The van der Waals surface area contributed by atoms with Gasteiger partial charge < -0.3 is 11.1 Å². The lowest BCUT2D eigenvalue weighted by atomic mass is 10.2. The van der Waals surface area contributed by atoms with Gasteiger partial charge in [-0.2, -0.15) is 5.26 Å². The molecule has 0 fully saturated rings. The first kappa shape index (κ1) is 10.5. The second kappa shape index (κ2) is 4.63. The minimum atomic E-state index is -0.300. The highest BCUT2D eigenvalue weighted by Crippen LogP contribution is 2.19. The molecule has 0 aliphatic heterocycles. The SMILES string of the molecule is N#CCNC(=O)c1ccc(Br)c(N)c1. The van der Waals surface area contributed by atoms with Crippen LogP contribution >= 0.6 is 15.9 Å². The van der Waals surface area contributed by atoms with Crippen molar-refractivity contribution in [3.05, 3.63) is 28.2 Å². The van der Waals surface area contributed by atoms with E-state index in [-0.39, 0.29) is 12.5 Å². The molecule has 1 amide bonds. The number of hydrogen-bond donors (Lipinski definition) is 2. The summed E-state index contributed by atoms with van der Waals surface area (Å²) in [5, 5.41) is 10.7. The summed E-state index contributed by atoms with van der Waals surface area (Å²) in [6, 6.07) is 6.70. The van der Waals surface area contributed by atoms with Gasteiger partial charge in [0.2, 0.25) is 0 Å². The van der Waals surface area contributed by atoms with Gasteiger partial charge in [-0.15, -0.1) is 0 Å². The number of nitrogens with two attached hydrogens (primary N) is 1. The fraction of sp³-hybridized carbons (Fsp3) is 0.111. The summed E-state index contributed by atoms with van der Waals surface area (Å²) in [7, 11) is 0. The van der Waals surface area contributed by atoms with E-state index in [1.165, 1.54) is 0 Å². The van der Waals surface area contributed by atoms with Crippen molar-refractivity contribution in [1.82, 2.24) is 5.32 Å². The zero-order chi connectivity index (χ0) is 10.6. The Morgan fingerprint density at radius 1 is 1.64 bits per heavy atom. The highest BCUT2D eigenvalue weighted by molar-refractivity contribution is 9.10. The van der Waals surface area contributed by atoms with Gasteiger partial charge in [0, 0.05) is 15.7 Å². The van der Waals surface area contributed by atoms with Crippen molar-refractivity contribution in [3.63, 3.8) is 0 Å². The van der Waals surface area contributed by atoms with E-state index in [0.29, 0.717) is 11.3 Å². The molecule has 1 aromatic carbocycles. The van der Waals surface area contributed by atoms with Crippen LogP contribution in [0.1, 0.15) is 10.4 Å². The molecule has 5 heteroatoms. The van der Waals surface area contributed by atoms with Gasteiger partial charge >= 0.3 is 0 Å². The highest BCUT2D eigenvalue weighted by atomic mass is 79.9. The van der Waals surface area contributed by atoms with E-state index in [1.54, 1.807) is 18.2 Å². The topological polar surface area (TPSA) is 78.9 Å². The van der Waals surface area contributed by atoms with Crippen molar-refractivity contribution >= 4 is 27.5 Å². The summed E-state index contributed by atoms with van der Waals surface area (Å²) >= 11 is 3.22. The van der Waals surface area contributed by atoms with Gasteiger partial charge in [0.05, 0.1) is 6.07 Å². The number of carbonyl (C=O) groups is 1. The van der Waals surface area contributed by atoms with Gasteiger partial charge in [0.25, 0.3) is 5.91 Å². The molecule has 4 nitrogen and oxygen atoms in total. The standard InChI is InChI=1S/C9H8BrN3O/c10-7-2-1-6(5-8(7)12)9(14)13-4-3-11/h1-2,5H,4,12H2,(H,13,14). The Bertz CT molecular complexity index is 398. The Labute approximate surface area is 89.8 Å². The molecule has 0 aromatic heterocycles. The van der Waals surface area contributed by atoms with Crippen molar-refractivity contribution < 1.29 is 4.79 Å². The number of nitrogens with zero attached hydrogens (tertiary/aromatic N) is 1. The highest BCUT2D eigenvalue weighted by Gasteiger charge is 2.05. The van der Waals surface area contributed by atoms with Gasteiger partial charge in [0.15, 0.2) is 0 Å². The van der Waals surface area contributed by atoms with Crippen molar-refractivity contribution in [2.24, 2.45) is 0 Å². The maximum absolute atomic E-state index is 11.3. The summed E-state index contributed by atoms with van der Waals surface area (Å²) in [5.74, 6) is -0.300. The van der Waals surface area contributed by atoms with Crippen LogP contribution in [0.15, 0.2) is 22.7 Å². The number of carbonyl (C=O) groups excluding carboxylic acids is 1. The first-order valence-electron chi connectivity index (χ1n) is 3.85. The predicted molar refractivity (Wildman–Crippen MR) is 56.5 cm³/mol. The third-order valence-electron chi connectivity index (χ3n) is 1.59. The molecule has 0 aliphatic carbocycles. The van der Waals surface area contributed by atoms with Crippen LogP contribution in [0, 0.1) is 11.3 Å². The maximum atomic E-state index is 11.3. The van der Waals surface area contributed by atoms with Crippen LogP contribution in [0.4, 0.5) is 5.69 Å². The molecule has 14 heavy (non-hydrogen) atoms. The summed E-state index contributed by atoms with van der Waals surface area (Å²) in [6.07, 6.45) is 0. The summed E-state index contributed by atoms with van der Waals surface area (Å²) in [5.41, 5.74) is 6.54. The van der Waals surface area contributed by atoms with Crippen LogP contribution in [0.25, 0.3) is 0 Å². The van der Waals surface area contributed by atoms with Crippen LogP contribution in [-0.4, -0.2) is 12.5 Å². The molecule has 0 unspecified atom stereocenters. The lowest BCUT2D eigenvalue weighted by Gasteiger charge is -2.03. The summed E-state index contributed by atoms with van der Waals surface area (Å²) in [6.45, 7) is -0.00516. The Hall–Kier alpha value is -1.54. The predicted octanol–water partition coefficient (Wildman–Crippen LogP) is 1.28. The number of nitrogen functional groups attached to an aromatic ring is 1. The minimum absolute atomic E-state index is 0.00516. The smallest absolute Gasteiger partial charge is 0.252 e. The fourth-order valence-electron chi connectivity index (χ4n) is 0.907. The van der Waals surface area contributed by atoms with Crippen LogP contribution in [0.5, 0.6) is 0 Å². The Morgan fingerprint density at radius 3 is 2.93 bits per heavy atom. The van der Waals surface area contributed by atoms with Crippen molar-refractivity contribution in [1.29, 1.82) is 5.26 Å². The molecule has 0 heterocycles. The van der Waals surface area contributed by atoms with Gasteiger partial charge in [-0.25, -0.2) is 0 Å². The molecule has 0 aliphatic rings. The number of nitrogens with one attached hydrogen (secondary N) is 1. The lowest BCUT2D eigenvalue weighted by Crippen LogP contribution is -2.23. The van der Waals surface area contributed by atoms with Gasteiger partial charge in [-0.05, 0) is 34.1 Å². The molecule has 0 saturated carbocycles. The second-order valence-corrected chi connectivity index (χ2v) is 3.43. The van der Waals surface area contributed by atoms with Crippen LogP contribution in [0.2, 0.25) is 0 Å². The number of anilines is 1. The number of halogens is 1. The van der Waals surface area contributed by atoms with Crippen molar-refractivity contribution in [3.8, 4) is 6.07 Å². The van der Waals surface area contributed by atoms with E-state index in [9.17, 15) is 4.79 Å². The first-order valence-corrected chi connectivity index (χ1v) is 4.64. The molecule has 1 aromatic rings. The number of rotatable bonds is 2. The molecule has 0 spiro atoms. The fourth-order valence-corrected chi connectivity index (χ4v) is 1.15. The lowest BCUT2D eigenvalue weighted by molar-refractivity contribution is 0.0958. The molecule has 72 valence electrons. The number of nitriles is 1. The number of amides is 1. The monoisotopic (exact) mass is 253 g/mol. The Kier molecular flexibility index (Phi) is 3.48. The molecule has 0 bridgehead atoms. The minimum Gasteiger partial charge on any atom is -0.398 e. The molecular formula is C9H8BrN3O. The quantitative estimate of drug-likeness (QED) is 0.616. The van der Waals surface area contributed by atoms with Crippen molar-refractivity contribution in [2.45, 2.75) is 0 Å². The second-order valence-electron chi connectivity index (χ2n) is 2.58. The third-order valence-corrected chi connectivity index (χ3v) is 2.31. The van der Waals surface area contributed by atoms with E-state index in [4.69, 9.17) is 11.0 Å². The Balaban J connectivity index is 2.82. The molecule has 0 radical (unpaired) electrons. The number of benzene rings is 1. The van der Waals surface area contributed by atoms with E-state index in [1.807, 2.05) is 6.07 Å². The van der Waals surface area contributed by atoms with Gasteiger partial charge in [-0.3, -0.25) is 4.79 Å². The van der Waals surface area contributed by atoms with E-state index >= 15 is 0 Å². The normalized spacial score (nSPS) is 9.14. The van der Waals surface area contributed by atoms with E-state index in [0.717, 1.165) is 4.47 Å². The summed E-state index contributed by atoms with van der Waals surface area (Å²) < 4.78 is 0.745. The van der Waals surface area contributed by atoms with E-state index < -0.39 is 0 Å². The first-order chi connectivity index (χ1) is 6.65. The van der Waals surface area contributed by atoms with Crippen LogP contribution < -0.4 is 11.1 Å². The van der Waals surface area contributed by atoms with E-state index in [2.05, 4.69) is 21.2 Å². The number of hydrogen-bond acceptors (Lipinski definition) is 3. The van der Waals surface area contributed by atoms with Crippen molar-refractivity contribution in [2.75, 3.05) is 12.3 Å². The molecule has 3 N–H and O–H groups in total. The van der Waals surface area contributed by atoms with Gasteiger partial charge in [-0.1, -0.05) is 0 Å². The van der Waals surface area contributed by atoms with Gasteiger partial charge in [0.1, 0.15) is 6.54 Å². The average molecular weight is 254 g/mol. The maximum Gasteiger partial charge on any atom is 0.252 e. The van der Waals surface area contributed by atoms with Crippen LogP contribution in [0.3, 0.4) is 0 Å². The molecular weight excluding hydrogens is 246 g/mol. The Morgan fingerprint density at radius 2 is 2.36 bits per heavy atom. The molecule has 1 rings (SSSR count). The molecule has 0 saturated heterocycles. The molecule has 0 atom stereocenters. The largest absolute Gasteiger partial charge is 0.398 e. The third kappa shape index (κ3) is 2.47. The average Bonchev–Trinajstić information content (AvgIpc) is 2.18. The zero-order valence-electron chi connectivity index (χ0n) is 7.25. The zero-order valence-corrected chi connectivity index (χ0v) is 8.84. The van der Waals surface area contributed by atoms with Crippen LogP contribution in [-0.2, 0) is 0 Å².